The highest BCUT2D eigenvalue weighted by atomic mass is 19.4. The zero-order chi connectivity index (χ0) is 11.5. The topological polar surface area (TPSA) is 73.4 Å². The summed E-state index contributed by atoms with van der Waals surface area (Å²) >= 11 is 0. The van der Waals surface area contributed by atoms with Gasteiger partial charge in [0, 0.05) is 0 Å². The van der Waals surface area contributed by atoms with Gasteiger partial charge in [-0.15, -0.1) is 0 Å². The van der Waals surface area contributed by atoms with Crippen LogP contribution >= 0.6 is 0 Å². The quantitative estimate of drug-likeness (QED) is 0.705. The molecular formula is C8H3F3N4. The summed E-state index contributed by atoms with van der Waals surface area (Å²) in [7, 11) is 0. The van der Waals surface area contributed by atoms with Crippen molar-refractivity contribution in [2.24, 2.45) is 0 Å². The fourth-order valence-corrected chi connectivity index (χ4v) is 1.01. The van der Waals surface area contributed by atoms with Gasteiger partial charge in [-0.3, -0.25) is 0 Å². The molecule has 76 valence electrons. The molecule has 1 rings (SSSR count). The zero-order valence-electron chi connectivity index (χ0n) is 7.21. The van der Waals surface area contributed by atoms with Crippen LogP contribution in [0.15, 0.2) is 6.33 Å². The minimum absolute atomic E-state index is 0.475. The van der Waals surface area contributed by atoms with Crippen molar-refractivity contribution in [1.82, 2.24) is 9.97 Å². The van der Waals surface area contributed by atoms with E-state index >= 15 is 0 Å². The maximum absolute atomic E-state index is 12.5. The van der Waals surface area contributed by atoms with Gasteiger partial charge < -0.3 is 0 Å². The van der Waals surface area contributed by atoms with Gasteiger partial charge in [0.1, 0.15) is 18.0 Å². The van der Waals surface area contributed by atoms with Crippen molar-refractivity contribution in [1.29, 1.82) is 10.5 Å². The van der Waals surface area contributed by atoms with E-state index in [2.05, 4.69) is 9.97 Å². The van der Waals surface area contributed by atoms with Gasteiger partial charge in [-0.25, -0.2) is 9.97 Å². The molecule has 0 amide bonds. The second kappa shape index (κ2) is 3.93. The zero-order valence-corrected chi connectivity index (χ0v) is 7.21. The van der Waals surface area contributed by atoms with Crippen LogP contribution in [0, 0.1) is 22.7 Å². The van der Waals surface area contributed by atoms with E-state index in [1.165, 1.54) is 6.07 Å². The lowest BCUT2D eigenvalue weighted by Crippen LogP contribution is -2.14. The number of hydrogen-bond acceptors (Lipinski definition) is 4. The van der Waals surface area contributed by atoms with Crippen LogP contribution in [0.25, 0.3) is 0 Å². The van der Waals surface area contributed by atoms with Crippen molar-refractivity contribution in [3.63, 3.8) is 0 Å². The summed E-state index contributed by atoms with van der Waals surface area (Å²) in [5, 5.41) is 16.8. The summed E-state index contributed by atoms with van der Waals surface area (Å²) < 4.78 is 37.4. The van der Waals surface area contributed by atoms with E-state index in [1.54, 1.807) is 6.07 Å². The van der Waals surface area contributed by atoms with E-state index < -0.39 is 29.5 Å². The lowest BCUT2D eigenvalue weighted by atomic mass is 10.1. The molecule has 0 aliphatic rings. The van der Waals surface area contributed by atoms with Crippen molar-refractivity contribution in [2.75, 3.05) is 0 Å². The molecular weight excluding hydrogens is 209 g/mol. The van der Waals surface area contributed by atoms with Crippen molar-refractivity contribution in [3.8, 4) is 12.1 Å². The number of aromatic nitrogens is 2. The summed E-state index contributed by atoms with van der Waals surface area (Å²) in [4.78, 5) is 6.54. The molecule has 0 saturated carbocycles. The molecule has 0 spiro atoms. The SMILES string of the molecule is N#CCc1ncnc(C#N)c1C(F)(F)F. The smallest absolute Gasteiger partial charge is 0.240 e. The first-order valence-electron chi connectivity index (χ1n) is 3.68. The molecule has 0 aliphatic carbocycles. The van der Waals surface area contributed by atoms with Gasteiger partial charge in [-0.1, -0.05) is 0 Å². The Hall–Kier alpha value is -2.15. The Labute approximate surface area is 82.6 Å². The predicted molar refractivity (Wildman–Crippen MR) is 41.1 cm³/mol. The van der Waals surface area contributed by atoms with Gasteiger partial charge in [-0.05, 0) is 0 Å². The van der Waals surface area contributed by atoms with Gasteiger partial charge >= 0.3 is 6.18 Å². The van der Waals surface area contributed by atoms with Crippen LogP contribution in [0.1, 0.15) is 17.0 Å². The molecule has 0 aliphatic heterocycles. The largest absolute Gasteiger partial charge is 0.421 e. The molecule has 0 radical (unpaired) electrons. The van der Waals surface area contributed by atoms with Crippen LogP contribution in [-0.4, -0.2) is 9.97 Å². The number of halogens is 3. The van der Waals surface area contributed by atoms with Gasteiger partial charge in [0.2, 0.25) is 0 Å². The summed E-state index contributed by atoms with van der Waals surface area (Å²) in [6.07, 6.45) is -4.40. The Morgan fingerprint density at radius 3 is 2.40 bits per heavy atom. The van der Waals surface area contributed by atoms with Crippen LogP contribution in [-0.2, 0) is 12.6 Å². The Bertz CT molecular complexity index is 452. The summed E-state index contributed by atoms with van der Waals surface area (Å²) in [5.74, 6) is 0. The van der Waals surface area contributed by atoms with E-state index in [4.69, 9.17) is 10.5 Å². The second-order valence-corrected chi connectivity index (χ2v) is 2.49. The van der Waals surface area contributed by atoms with Crippen LogP contribution < -0.4 is 0 Å². The third-order valence-corrected chi connectivity index (χ3v) is 1.56. The summed E-state index contributed by atoms with van der Waals surface area (Å²) in [5.41, 5.74) is -2.46. The van der Waals surface area contributed by atoms with Crippen LogP contribution in [0.3, 0.4) is 0 Å². The highest BCUT2D eigenvalue weighted by Crippen LogP contribution is 2.32. The molecule has 15 heavy (non-hydrogen) atoms. The summed E-state index contributed by atoms with van der Waals surface area (Å²) in [6, 6.07) is 2.87. The maximum atomic E-state index is 12.5. The fourth-order valence-electron chi connectivity index (χ4n) is 1.01. The van der Waals surface area contributed by atoms with E-state index in [0.717, 1.165) is 6.33 Å². The van der Waals surface area contributed by atoms with E-state index in [-0.39, 0.29) is 0 Å². The molecule has 1 heterocycles. The Morgan fingerprint density at radius 2 is 1.93 bits per heavy atom. The first kappa shape index (κ1) is 10.9. The van der Waals surface area contributed by atoms with Gasteiger partial charge in [0.15, 0.2) is 5.69 Å². The summed E-state index contributed by atoms with van der Waals surface area (Å²) in [6.45, 7) is 0. The molecule has 0 saturated heterocycles. The second-order valence-electron chi connectivity index (χ2n) is 2.49. The van der Waals surface area contributed by atoms with E-state index in [0.29, 0.717) is 0 Å². The molecule has 7 heteroatoms. The van der Waals surface area contributed by atoms with Gasteiger partial charge in [0.25, 0.3) is 0 Å². The normalized spacial score (nSPS) is 10.5. The molecule has 4 nitrogen and oxygen atoms in total. The average Bonchev–Trinajstić information content (AvgIpc) is 2.16. The highest BCUT2D eigenvalue weighted by Gasteiger charge is 2.37. The third kappa shape index (κ3) is 2.20. The Balaban J connectivity index is 3.44. The fraction of sp³-hybridized carbons (Fsp3) is 0.250. The number of alkyl halides is 3. The van der Waals surface area contributed by atoms with E-state index in [1.807, 2.05) is 0 Å². The van der Waals surface area contributed by atoms with Crippen molar-refractivity contribution >= 4 is 0 Å². The first-order valence-corrected chi connectivity index (χ1v) is 3.68. The highest BCUT2D eigenvalue weighted by molar-refractivity contribution is 5.37. The van der Waals surface area contributed by atoms with Crippen molar-refractivity contribution < 1.29 is 13.2 Å². The monoisotopic (exact) mass is 212 g/mol. The van der Waals surface area contributed by atoms with Crippen molar-refractivity contribution in [2.45, 2.75) is 12.6 Å². The molecule has 0 bridgehead atoms. The molecule has 1 aromatic rings. The Kier molecular flexibility index (Phi) is 2.86. The average molecular weight is 212 g/mol. The molecule has 0 aromatic carbocycles. The molecule has 0 unspecified atom stereocenters. The Morgan fingerprint density at radius 1 is 1.27 bits per heavy atom. The lowest BCUT2D eigenvalue weighted by Gasteiger charge is -2.10. The van der Waals surface area contributed by atoms with Crippen LogP contribution in [0.4, 0.5) is 13.2 Å². The molecule has 0 fully saturated rings. The van der Waals surface area contributed by atoms with Crippen LogP contribution in [0.5, 0.6) is 0 Å². The molecule has 0 N–H and O–H groups in total. The minimum atomic E-state index is -4.72. The maximum Gasteiger partial charge on any atom is 0.421 e. The van der Waals surface area contributed by atoms with Gasteiger partial charge in [0.05, 0.1) is 18.2 Å². The standard InChI is InChI=1S/C8H3F3N4/c9-8(10,11)7-5(1-2-12)14-4-15-6(7)3-13/h4H,1H2. The number of nitrogens with zero attached hydrogens (tertiary/aromatic N) is 4. The third-order valence-electron chi connectivity index (χ3n) is 1.56. The molecule has 1 aromatic heterocycles. The minimum Gasteiger partial charge on any atom is -0.240 e. The number of hydrogen-bond donors (Lipinski definition) is 0. The number of nitriles is 2. The van der Waals surface area contributed by atoms with E-state index in [9.17, 15) is 13.2 Å². The van der Waals surface area contributed by atoms with Gasteiger partial charge in [-0.2, -0.15) is 23.7 Å². The lowest BCUT2D eigenvalue weighted by molar-refractivity contribution is -0.138. The van der Waals surface area contributed by atoms with Crippen molar-refractivity contribution in [3.05, 3.63) is 23.3 Å². The molecule has 0 atom stereocenters. The first-order chi connectivity index (χ1) is 7.00. The van der Waals surface area contributed by atoms with Crippen LogP contribution in [0.2, 0.25) is 0 Å². The number of rotatable bonds is 1. The predicted octanol–water partition coefficient (Wildman–Crippen LogP) is 1.43.